The molecule has 1 saturated carbocycles. The smallest absolute Gasteiger partial charge is 0.334 e. The van der Waals surface area contributed by atoms with Gasteiger partial charge in [0.05, 0.1) is 37.6 Å². The summed E-state index contributed by atoms with van der Waals surface area (Å²) in [5.41, 5.74) is 1.30. The lowest BCUT2D eigenvalue weighted by Gasteiger charge is -2.38. The fourth-order valence-electron chi connectivity index (χ4n) is 3.75. The van der Waals surface area contributed by atoms with Crippen LogP contribution in [0.1, 0.15) is 38.7 Å². The number of hydrogen-bond donors (Lipinski definition) is 0. The van der Waals surface area contributed by atoms with Gasteiger partial charge in [-0.05, 0) is 32.8 Å². The third-order valence-electron chi connectivity index (χ3n) is 5.12. The van der Waals surface area contributed by atoms with Crippen molar-refractivity contribution in [1.29, 1.82) is 0 Å². The minimum absolute atomic E-state index is 0.0765. The van der Waals surface area contributed by atoms with Crippen LogP contribution in [0.4, 0.5) is 0 Å². The summed E-state index contributed by atoms with van der Waals surface area (Å²) in [5.74, 6) is 0.165. The van der Waals surface area contributed by atoms with E-state index in [1.165, 1.54) is 0 Å². The summed E-state index contributed by atoms with van der Waals surface area (Å²) in [7, 11) is 1.59. The highest BCUT2D eigenvalue weighted by atomic mass is 16.6. The SMILES string of the molecule is CCOC(=O)C(C)OC1CCC2C(=O)C(c3ccccc3OC)=COC2C1. The van der Waals surface area contributed by atoms with E-state index in [0.717, 1.165) is 5.56 Å². The molecule has 0 aromatic heterocycles. The number of allylic oxidation sites excluding steroid dienone is 1. The molecule has 2 aliphatic rings. The molecule has 1 aliphatic heterocycles. The zero-order valence-corrected chi connectivity index (χ0v) is 16.0. The Morgan fingerprint density at radius 3 is 2.81 bits per heavy atom. The Morgan fingerprint density at radius 1 is 1.30 bits per heavy atom. The summed E-state index contributed by atoms with van der Waals surface area (Å²) in [5, 5.41) is 0. The van der Waals surface area contributed by atoms with Crippen molar-refractivity contribution in [1.82, 2.24) is 0 Å². The molecule has 4 unspecified atom stereocenters. The summed E-state index contributed by atoms with van der Waals surface area (Å²) < 4.78 is 22.1. The van der Waals surface area contributed by atoms with Crippen LogP contribution in [0.15, 0.2) is 30.5 Å². The number of ether oxygens (including phenoxy) is 4. The molecule has 1 aromatic carbocycles. The van der Waals surface area contributed by atoms with E-state index in [1.54, 1.807) is 27.2 Å². The zero-order chi connectivity index (χ0) is 19.4. The lowest BCUT2D eigenvalue weighted by molar-refractivity contribution is -0.163. The maximum Gasteiger partial charge on any atom is 0.334 e. The molecule has 6 heteroatoms. The fourth-order valence-corrected chi connectivity index (χ4v) is 3.75. The maximum atomic E-state index is 13.0. The van der Waals surface area contributed by atoms with Crippen molar-refractivity contribution >= 4 is 17.3 Å². The topological polar surface area (TPSA) is 71.1 Å². The van der Waals surface area contributed by atoms with Gasteiger partial charge < -0.3 is 18.9 Å². The van der Waals surface area contributed by atoms with Crippen molar-refractivity contribution < 1.29 is 28.5 Å². The molecule has 1 aliphatic carbocycles. The van der Waals surface area contributed by atoms with Crippen LogP contribution in [0.25, 0.3) is 5.57 Å². The highest BCUT2D eigenvalue weighted by molar-refractivity contribution is 6.22. The minimum atomic E-state index is -0.620. The van der Waals surface area contributed by atoms with Crippen LogP contribution in [0.5, 0.6) is 5.75 Å². The molecule has 27 heavy (non-hydrogen) atoms. The second-order valence-corrected chi connectivity index (χ2v) is 6.84. The third kappa shape index (κ3) is 4.16. The van der Waals surface area contributed by atoms with Gasteiger partial charge in [-0.2, -0.15) is 0 Å². The standard InChI is InChI=1S/C21H26O6/c1-4-25-21(23)13(2)27-14-9-10-16-19(11-14)26-12-17(20(16)22)15-7-5-6-8-18(15)24-3/h5-8,12-14,16,19H,4,9-11H2,1-3H3. The van der Waals surface area contributed by atoms with Gasteiger partial charge in [-0.3, -0.25) is 4.79 Å². The van der Waals surface area contributed by atoms with Gasteiger partial charge in [0.25, 0.3) is 0 Å². The van der Waals surface area contributed by atoms with Gasteiger partial charge in [-0.25, -0.2) is 4.79 Å². The normalized spacial score (nSPS) is 25.7. The molecule has 1 aromatic rings. The molecule has 0 spiro atoms. The quantitative estimate of drug-likeness (QED) is 0.713. The number of rotatable bonds is 6. The van der Waals surface area contributed by atoms with Crippen LogP contribution in [-0.2, 0) is 23.8 Å². The van der Waals surface area contributed by atoms with E-state index in [2.05, 4.69) is 0 Å². The van der Waals surface area contributed by atoms with E-state index < -0.39 is 6.10 Å². The van der Waals surface area contributed by atoms with Gasteiger partial charge in [0, 0.05) is 12.0 Å². The van der Waals surface area contributed by atoms with Gasteiger partial charge in [0.1, 0.15) is 11.9 Å². The first-order valence-corrected chi connectivity index (χ1v) is 9.40. The van der Waals surface area contributed by atoms with Gasteiger partial charge in [-0.1, -0.05) is 18.2 Å². The first kappa shape index (κ1) is 19.4. The molecular weight excluding hydrogens is 348 g/mol. The molecule has 6 nitrogen and oxygen atoms in total. The first-order valence-electron chi connectivity index (χ1n) is 9.40. The van der Waals surface area contributed by atoms with Crippen LogP contribution >= 0.6 is 0 Å². The molecule has 0 radical (unpaired) electrons. The van der Waals surface area contributed by atoms with Gasteiger partial charge in [0.15, 0.2) is 11.9 Å². The van der Waals surface area contributed by atoms with Crippen molar-refractivity contribution in [3.8, 4) is 5.75 Å². The summed E-state index contributed by atoms with van der Waals surface area (Å²) in [6, 6.07) is 7.44. The van der Waals surface area contributed by atoms with Crippen molar-refractivity contribution in [3.63, 3.8) is 0 Å². The lowest BCUT2D eigenvalue weighted by Crippen LogP contribution is -2.43. The number of carbonyl (C=O) groups is 2. The number of ketones is 1. The number of carbonyl (C=O) groups excluding carboxylic acids is 2. The second-order valence-electron chi connectivity index (χ2n) is 6.84. The van der Waals surface area contributed by atoms with E-state index in [4.69, 9.17) is 18.9 Å². The molecular formula is C21H26O6. The molecule has 0 N–H and O–H groups in total. The Morgan fingerprint density at radius 2 is 2.07 bits per heavy atom. The number of methoxy groups -OCH3 is 1. The summed E-state index contributed by atoms with van der Waals surface area (Å²) in [4.78, 5) is 24.8. The molecule has 4 atom stereocenters. The average molecular weight is 374 g/mol. The summed E-state index contributed by atoms with van der Waals surface area (Å²) >= 11 is 0. The predicted molar refractivity (Wildman–Crippen MR) is 99.2 cm³/mol. The Labute approximate surface area is 159 Å². The largest absolute Gasteiger partial charge is 0.496 e. The number of benzene rings is 1. The van der Waals surface area contributed by atoms with Crippen LogP contribution < -0.4 is 4.74 Å². The molecule has 0 bridgehead atoms. The molecule has 1 heterocycles. The highest BCUT2D eigenvalue weighted by Crippen LogP contribution is 2.39. The van der Waals surface area contributed by atoms with Crippen molar-refractivity contribution in [2.75, 3.05) is 13.7 Å². The van der Waals surface area contributed by atoms with Crippen LogP contribution in [0.3, 0.4) is 0 Å². The number of hydrogen-bond acceptors (Lipinski definition) is 6. The number of esters is 1. The maximum absolute atomic E-state index is 13.0. The Hall–Kier alpha value is -2.34. The van der Waals surface area contributed by atoms with Gasteiger partial charge in [0.2, 0.25) is 0 Å². The van der Waals surface area contributed by atoms with Crippen molar-refractivity contribution in [2.45, 2.75) is 51.4 Å². The predicted octanol–water partition coefficient (Wildman–Crippen LogP) is 3.14. The summed E-state index contributed by atoms with van der Waals surface area (Å²) in [6.45, 7) is 3.79. The molecule has 0 amide bonds. The van der Waals surface area contributed by atoms with Crippen molar-refractivity contribution in [2.24, 2.45) is 5.92 Å². The van der Waals surface area contributed by atoms with Crippen molar-refractivity contribution in [3.05, 3.63) is 36.1 Å². The minimum Gasteiger partial charge on any atom is -0.496 e. The number of para-hydroxylation sites is 1. The zero-order valence-electron chi connectivity index (χ0n) is 16.0. The molecule has 1 fully saturated rings. The van der Waals surface area contributed by atoms with E-state index >= 15 is 0 Å². The second kappa shape index (κ2) is 8.57. The van der Waals surface area contributed by atoms with Crippen LogP contribution in [0.2, 0.25) is 0 Å². The molecule has 146 valence electrons. The van der Waals surface area contributed by atoms with Gasteiger partial charge in [-0.15, -0.1) is 0 Å². The van der Waals surface area contributed by atoms with Gasteiger partial charge >= 0.3 is 5.97 Å². The van der Waals surface area contributed by atoms with E-state index in [-0.39, 0.29) is 29.9 Å². The number of Topliss-reactive ketones (excluding diaryl/α,β-unsaturated/α-hetero) is 1. The molecule has 3 rings (SSSR count). The van der Waals surface area contributed by atoms with E-state index in [9.17, 15) is 9.59 Å². The monoisotopic (exact) mass is 374 g/mol. The highest BCUT2D eigenvalue weighted by Gasteiger charge is 2.41. The summed E-state index contributed by atoms with van der Waals surface area (Å²) in [6.07, 6.45) is 2.51. The number of fused-ring (bicyclic) bond motifs is 1. The average Bonchev–Trinajstić information content (AvgIpc) is 2.68. The van der Waals surface area contributed by atoms with E-state index in [1.807, 2.05) is 24.3 Å². The van der Waals surface area contributed by atoms with Crippen LogP contribution in [0, 0.1) is 5.92 Å². The Kier molecular flexibility index (Phi) is 6.16. The van der Waals surface area contributed by atoms with E-state index in [0.29, 0.717) is 37.2 Å². The Balaban J connectivity index is 1.68. The molecule has 0 saturated heterocycles. The first-order chi connectivity index (χ1) is 13.0. The lowest BCUT2D eigenvalue weighted by atomic mass is 9.77. The fraction of sp³-hybridized carbons (Fsp3) is 0.524. The van der Waals surface area contributed by atoms with Crippen LogP contribution in [-0.4, -0.2) is 43.8 Å². The third-order valence-corrected chi connectivity index (χ3v) is 5.12. The Bertz CT molecular complexity index is 725.